The second-order valence-electron chi connectivity index (χ2n) is 6.31. The number of benzene rings is 2. The first kappa shape index (κ1) is 21.0. The van der Waals surface area contributed by atoms with E-state index in [9.17, 15) is 14.4 Å². The molecule has 0 spiro atoms. The van der Waals surface area contributed by atoms with Crippen molar-refractivity contribution in [3.63, 3.8) is 0 Å². The predicted molar refractivity (Wildman–Crippen MR) is 105 cm³/mol. The number of nitrogens with one attached hydrogen (secondary N) is 2. The van der Waals surface area contributed by atoms with Crippen molar-refractivity contribution in [2.45, 2.75) is 26.8 Å². The predicted octanol–water partition coefficient (Wildman–Crippen LogP) is 2.37. The molecule has 0 fully saturated rings. The molecule has 7 heteroatoms. The van der Waals surface area contributed by atoms with Crippen molar-refractivity contribution in [3.05, 3.63) is 59.7 Å². The lowest BCUT2D eigenvalue weighted by molar-refractivity contribution is -0.150. The molecule has 1 atom stereocenters. The fourth-order valence-electron chi connectivity index (χ4n) is 2.46. The lowest BCUT2D eigenvalue weighted by Gasteiger charge is -2.15. The van der Waals surface area contributed by atoms with Gasteiger partial charge in [0, 0.05) is 5.69 Å². The Labute approximate surface area is 164 Å². The second-order valence-corrected chi connectivity index (χ2v) is 6.31. The fraction of sp³-hybridized carbons (Fsp3) is 0.286. The molecule has 2 N–H and O–H groups in total. The number of amides is 2. The van der Waals surface area contributed by atoms with Gasteiger partial charge in [0.1, 0.15) is 11.8 Å². The van der Waals surface area contributed by atoms with E-state index < -0.39 is 30.4 Å². The summed E-state index contributed by atoms with van der Waals surface area (Å²) >= 11 is 0. The topological polar surface area (TPSA) is 93.7 Å². The molecule has 7 nitrogen and oxygen atoms in total. The first-order chi connectivity index (χ1) is 13.4. The standard InChI is InChI=1S/C21H24N2O5/c1-14-8-7-9-15(2)20(14)23-19(25)13-28-21(26)16(3)22-18(24)12-27-17-10-5-4-6-11-17/h4-11,16H,12-13H2,1-3H3,(H,22,24)(H,23,25)/t16-/m0/s1. The van der Waals surface area contributed by atoms with Crippen LogP contribution in [0.15, 0.2) is 48.5 Å². The van der Waals surface area contributed by atoms with Gasteiger partial charge in [-0.1, -0.05) is 36.4 Å². The molecule has 0 aliphatic carbocycles. The van der Waals surface area contributed by atoms with Gasteiger partial charge >= 0.3 is 5.97 Å². The third-order valence-corrected chi connectivity index (χ3v) is 3.94. The van der Waals surface area contributed by atoms with Crippen molar-refractivity contribution in [3.8, 4) is 5.75 Å². The van der Waals surface area contributed by atoms with Crippen LogP contribution in [0.3, 0.4) is 0 Å². The van der Waals surface area contributed by atoms with Crippen LogP contribution >= 0.6 is 0 Å². The maximum Gasteiger partial charge on any atom is 0.328 e. The van der Waals surface area contributed by atoms with E-state index in [-0.39, 0.29) is 6.61 Å². The van der Waals surface area contributed by atoms with Crippen LogP contribution in [0.4, 0.5) is 5.69 Å². The molecule has 0 aliphatic rings. The number of carbonyl (C=O) groups excluding carboxylic acids is 3. The van der Waals surface area contributed by atoms with Crippen molar-refractivity contribution < 1.29 is 23.9 Å². The van der Waals surface area contributed by atoms with Crippen molar-refractivity contribution >= 4 is 23.5 Å². The highest BCUT2D eigenvalue weighted by molar-refractivity contribution is 5.94. The van der Waals surface area contributed by atoms with Gasteiger partial charge in [0.25, 0.3) is 11.8 Å². The molecule has 148 valence electrons. The summed E-state index contributed by atoms with van der Waals surface area (Å²) < 4.78 is 10.3. The van der Waals surface area contributed by atoms with Gasteiger partial charge in [-0.15, -0.1) is 0 Å². The van der Waals surface area contributed by atoms with Gasteiger partial charge in [-0.25, -0.2) is 4.79 Å². The summed E-state index contributed by atoms with van der Waals surface area (Å²) in [6.07, 6.45) is 0. The van der Waals surface area contributed by atoms with E-state index in [1.165, 1.54) is 6.92 Å². The average Bonchev–Trinajstić information content (AvgIpc) is 2.68. The van der Waals surface area contributed by atoms with E-state index >= 15 is 0 Å². The third kappa shape index (κ3) is 6.42. The van der Waals surface area contributed by atoms with Crippen LogP contribution in [-0.2, 0) is 19.1 Å². The van der Waals surface area contributed by atoms with Crippen LogP contribution < -0.4 is 15.4 Å². The van der Waals surface area contributed by atoms with Gasteiger partial charge in [-0.05, 0) is 44.0 Å². The minimum Gasteiger partial charge on any atom is -0.484 e. The molecule has 0 aliphatic heterocycles. The van der Waals surface area contributed by atoms with Crippen molar-refractivity contribution in [2.75, 3.05) is 18.5 Å². The summed E-state index contributed by atoms with van der Waals surface area (Å²) in [6, 6.07) is 13.6. The van der Waals surface area contributed by atoms with Gasteiger partial charge in [-0.2, -0.15) is 0 Å². The van der Waals surface area contributed by atoms with E-state index in [4.69, 9.17) is 9.47 Å². The summed E-state index contributed by atoms with van der Waals surface area (Å²) in [4.78, 5) is 35.9. The maximum atomic E-state index is 12.0. The molecule has 0 radical (unpaired) electrons. The van der Waals surface area contributed by atoms with Crippen molar-refractivity contribution in [2.24, 2.45) is 0 Å². The number of rotatable bonds is 8. The van der Waals surface area contributed by atoms with Crippen LogP contribution in [0.1, 0.15) is 18.1 Å². The SMILES string of the molecule is Cc1cccc(C)c1NC(=O)COC(=O)[C@H](C)NC(=O)COc1ccccc1. The number of aryl methyl sites for hydroxylation is 2. The first-order valence-corrected chi connectivity index (χ1v) is 8.86. The highest BCUT2D eigenvalue weighted by Gasteiger charge is 2.19. The zero-order valence-corrected chi connectivity index (χ0v) is 16.2. The lowest BCUT2D eigenvalue weighted by Crippen LogP contribution is -2.42. The van der Waals surface area contributed by atoms with Crippen LogP contribution in [0.25, 0.3) is 0 Å². The lowest BCUT2D eigenvalue weighted by atomic mass is 10.1. The normalized spacial score (nSPS) is 11.2. The Morgan fingerprint density at radius 1 is 0.893 bits per heavy atom. The van der Waals surface area contributed by atoms with Crippen LogP contribution in [0, 0.1) is 13.8 Å². The summed E-state index contributed by atoms with van der Waals surface area (Å²) in [5.74, 6) is -1.06. The summed E-state index contributed by atoms with van der Waals surface area (Å²) in [5, 5.41) is 5.20. The Balaban J connectivity index is 1.74. The Hall–Kier alpha value is -3.35. The average molecular weight is 384 g/mol. The van der Waals surface area contributed by atoms with E-state index in [2.05, 4.69) is 10.6 Å². The summed E-state index contributed by atoms with van der Waals surface area (Å²) in [7, 11) is 0. The molecule has 2 aromatic rings. The molecule has 0 saturated heterocycles. The van der Waals surface area contributed by atoms with Gasteiger partial charge in [0.05, 0.1) is 0 Å². The quantitative estimate of drug-likeness (QED) is 0.682. The number of para-hydroxylation sites is 2. The number of ether oxygens (including phenoxy) is 2. The van der Waals surface area contributed by atoms with Crippen LogP contribution in [0.2, 0.25) is 0 Å². The van der Waals surface area contributed by atoms with Gasteiger partial charge in [0.2, 0.25) is 0 Å². The third-order valence-electron chi connectivity index (χ3n) is 3.94. The molecule has 2 amide bonds. The van der Waals surface area contributed by atoms with Crippen molar-refractivity contribution in [1.82, 2.24) is 5.32 Å². The van der Waals surface area contributed by atoms with E-state index in [0.717, 1.165) is 11.1 Å². The summed E-state index contributed by atoms with van der Waals surface area (Å²) in [6.45, 7) is 4.57. The maximum absolute atomic E-state index is 12.0. The number of carbonyl (C=O) groups is 3. The molecule has 0 saturated carbocycles. The Bertz CT molecular complexity index is 816. The first-order valence-electron chi connectivity index (χ1n) is 8.86. The molecule has 2 aromatic carbocycles. The Morgan fingerprint density at radius 3 is 2.18 bits per heavy atom. The molecule has 28 heavy (non-hydrogen) atoms. The van der Waals surface area contributed by atoms with Gasteiger partial charge < -0.3 is 20.1 Å². The number of anilines is 1. The van der Waals surface area contributed by atoms with Crippen LogP contribution in [-0.4, -0.2) is 37.0 Å². The zero-order chi connectivity index (χ0) is 20.5. The minimum atomic E-state index is -0.903. The smallest absolute Gasteiger partial charge is 0.328 e. The van der Waals surface area contributed by atoms with E-state index in [0.29, 0.717) is 11.4 Å². The molecule has 0 unspecified atom stereocenters. The highest BCUT2D eigenvalue weighted by Crippen LogP contribution is 2.19. The summed E-state index contributed by atoms with van der Waals surface area (Å²) in [5.41, 5.74) is 2.53. The monoisotopic (exact) mass is 384 g/mol. The van der Waals surface area contributed by atoms with E-state index in [1.54, 1.807) is 24.3 Å². The molecule has 0 heterocycles. The molecular formula is C21H24N2O5. The zero-order valence-electron chi connectivity index (χ0n) is 16.2. The number of hydrogen-bond donors (Lipinski definition) is 2. The van der Waals surface area contributed by atoms with Crippen molar-refractivity contribution in [1.29, 1.82) is 0 Å². The Kier molecular flexibility index (Phi) is 7.56. The Morgan fingerprint density at radius 2 is 1.54 bits per heavy atom. The minimum absolute atomic E-state index is 0.227. The number of hydrogen-bond acceptors (Lipinski definition) is 5. The highest BCUT2D eigenvalue weighted by atomic mass is 16.5. The molecule has 0 aromatic heterocycles. The number of esters is 1. The molecular weight excluding hydrogens is 360 g/mol. The van der Waals surface area contributed by atoms with E-state index in [1.807, 2.05) is 38.1 Å². The molecule has 0 bridgehead atoms. The van der Waals surface area contributed by atoms with Gasteiger partial charge in [-0.3, -0.25) is 9.59 Å². The second kappa shape index (κ2) is 10.1. The largest absolute Gasteiger partial charge is 0.484 e. The van der Waals surface area contributed by atoms with Gasteiger partial charge in [0.15, 0.2) is 13.2 Å². The van der Waals surface area contributed by atoms with Crippen LogP contribution in [0.5, 0.6) is 5.75 Å². The fourth-order valence-corrected chi connectivity index (χ4v) is 2.46. The molecule has 2 rings (SSSR count).